The quantitative estimate of drug-likeness (QED) is 0.561. The first kappa shape index (κ1) is 8.47. The van der Waals surface area contributed by atoms with Gasteiger partial charge in [0, 0.05) is 11.8 Å². The molecule has 0 saturated heterocycles. The summed E-state index contributed by atoms with van der Waals surface area (Å²) >= 11 is 3.67. The summed E-state index contributed by atoms with van der Waals surface area (Å²) < 4.78 is 1.26. The zero-order valence-corrected chi connectivity index (χ0v) is 8.26. The van der Waals surface area contributed by atoms with Crippen molar-refractivity contribution in [2.75, 3.05) is 12.8 Å². The smallest absolute Gasteiger partial charge is 0.124 e. The number of hydrogen-bond acceptors (Lipinski definition) is 3. The molecular weight excluding hydrogens is 162 g/mol. The van der Waals surface area contributed by atoms with E-state index in [0.717, 1.165) is 17.7 Å². The zero-order chi connectivity index (χ0) is 7.56. The van der Waals surface area contributed by atoms with Gasteiger partial charge in [-0.05, 0) is 12.2 Å². The molecule has 0 bridgehead atoms. The highest BCUT2D eigenvalue weighted by atomic mass is 32.2. The van der Waals surface area contributed by atoms with Crippen LogP contribution < -0.4 is 0 Å². The molecule has 10 heavy (non-hydrogen) atoms. The number of nitrogens with zero attached hydrogens (tertiary/aromatic N) is 1. The lowest BCUT2D eigenvalue weighted by atomic mass is 10.1. The maximum Gasteiger partial charge on any atom is 0.124 e. The lowest BCUT2D eigenvalue weighted by Crippen LogP contribution is -2.19. The highest BCUT2D eigenvalue weighted by molar-refractivity contribution is 8.38. The van der Waals surface area contributed by atoms with Gasteiger partial charge in [0.15, 0.2) is 0 Å². The van der Waals surface area contributed by atoms with E-state index in [-0.39, 0.29) is 0 Å². The second kappa shape index (κ2) is 3.67. The van der Waals surface area contributed by atoms with E-state index in [2.05, 4.69) is 25.1 Å². The minimum atomic E-state index is 0.750. The molecule has 0 aromatic carbocycles. The molecule has 0 spiro atoms. The number of aliphatic imine (C=N–C) groups is 1. The highest BCUT2D eigenvalue weighted by Crippen LogP contribution is 2.29. The highest BCUT2D eigenvalue weighted by Gasteiger charge is 2.19. The van der Waals surface area contributed by atoms with E-state index in [1.165, 1.54) is 4.38 Å². The van der Waals surface area contributed by atoms with Gasteiger partial charge in [-0.2, -0.15) is 0 Å². The number of rotatable bonds is 0. The maximum absolute atomic E-state index is 4.42. The average Bonchev–Trinajstić information content (AvgIpc) is 1.95. The van der Waals surface area contributed by atoms with E-state index in [1.807, 2.05) is 11.8 Å². The molecule has 0 aromatic rings. The summed E-state index contributed by atoms with van der Waals surface area (Å²) in [5.41, 5.74) is 0. The second-order valence-electron chi connectivity index (χ2n) is 2.61. The summed E-state index contributed by atoms with van der Waals surface area (Å²) in [5, 5.41) is 0.750. The van der Waals surface area contributed by atoms with Crippen molar-refractivity contribution >= 4 is 27.9 Å². The van der Waals surface area contributed by atoms with Gasteiger partial charge in [0.05, 0.1) is 0 Å². The summed E-state index contributed by atoms with van der Waals surface area (Å²) in [6, 6.07) is 0. The van der Waals surface area contributed by atoms with Crippen molar-refractivity contribution in [2.45, 2.75) is 19.1 Å². The predicted molar refractivity (Wildman–Crippen MR) is 52.0 cm³/mol. The fourth-order valence-corrected chi connectivity index (χ4v) is 2.62. The van der Waals surface area contributed by atoms with E-state index < -0.39 is 0 Å². The van der Waals surface area contributed by atoms with Crippen LogP contribution in [0.1, 0.15) is 13.8 Å². The van der Waals surface area contributed by atoms with Crippen molar-refractivity contribution < 1.29 is 0 Å². The van der Waals surface area contributed by atoms with Gasteiger partial charge in [0.2, 0.25) is 0 Å². The Morgan fingerprint density at radius 1 is 1.60 bits per heavy atom. The topological polar surface area (TPSA) is 12.4 Å². The molecule has 0 radical (unpaired) electrons. The van der Waals surface area contributed by atoms with Crippen LogP contribution >= 0.6 is 23.5 Å². The van der Waals surface area contributed by atoms with Gasteiger partial charge in [-0.3, -0.25) is 4.99 Å². The lowest BCUT2D eigenvalue weighted by Gasteiger charge is -2.22. The number of hydrogen-bond donors (Lipinski definition) is 0. The summed E-state index contributed by atoms with van der Waals surface area (Å²) in [7, 11) is 0. The molecule has 1 heterocycles. The van der Waals surface area contributed by atoms with Gasteiger partial charge < -0.3 is 0 Å². The predicted octanol–water partition coefficient (Wildman–Crippen LogP) is 2.48. The molecule has 0 aliphatic carbocycles. The van der Waals surface area contributed by atoms with Crippen LogP contribution in [0.2, 0.25) is 0 Å². The lowest BCUT2D eigenvalue weighted by molar-refractivity contribution is 0.589. The first-order valence-electron chi connectivity index (χ1n) is 3.49. The number of thioether (sulfide) groups is 2. The van der Waals surface area contributed by atoms with Crippen molar-refractivity contribution in [3.63, 3.8) is 0 Å². The van der Waals surface area contributed by atoms with Crippen LogP contribution in [0.15, 0.2) is 4.99 Å². The van der Waals surface area contributed by atoms with Gasteiger partial charge in [0.25, 0.3) is 0 Å². The van der Waals surface area contributed by atoms with Gasteiger partial charge in [0.1, 0.15) is 4.38 Å². The van der Waals surface area contributed by atoms with Crippen molar-refractivity contribution in [3.05, 3.63) is 0 Å². The third kappa shape index (κ3) is 1.92. The minimum Gasteiger partial charge on any atom is -0.271 e. The molecule has 1 aliphatic rings. The second-order valence-corrected chi connectivity index (χ2v) is 5.03. The maximum atomic E-state index is 4.42. The van der Waals surface area contributed by atoms with Crippen LogP contribution in [0.25, 0.3) is 0 Å². The molecule has 58 valence electrons. The first-order valence-corrected chi connectivity index (χ1v) is 5.59. The zero-order valence-electron chi connectivity index (χ0n) is 6.63. The van der Waals surface area contributed by atoms with Crippen LogP contribution in [0.5, 0.6) is 0 Å². The molecule has 1 aliphatic heterocycles. The van der Waals surface area contributed by atoms with E-state index in [0.29, 0.717) is 0 Å². The van der Waals surface area contributed by atoms with E-state index in [1.54, 1.807) is 11.8 Å². The van der Waals surface area contributed by atoms with Crippen LogP contribution in [0, 0.1) is 5.92 Å². The van der Waals surface area contributed by atoms with Gasteiger partial charge in [-0.15, -0.1) is 11.8 Å². The van der Waals surface area contributed by atoms with E-state index in [9.17, 15) is 0 Å². The normalized spacial score (nSPS) is 33.7. The standard InChI is InChI=1S/C7H13NS2/c1-5-4-8-7(9-3)10-6(5)2/h5-6H,4H2,1-3H3. The van der Waals surface area contributed by atoms with E-state index in [4.69, 9.17) is 0 Å². The van der Waals surface area contributed by atoms with Crippen molar-refractivity contribution in [1.82, 2.24) is 0 Å². The molecule has 0 fully saturated rings. The third-order valence-electron chi connectivity index (χ3n) is 1.77. The molecule has 1 rings (SSSR count). The van der Waals surface area contributed by atoms with Gasteiger partial charge in [-0.1, -0.05) is 25.6 Å². The Bertz CT molecular complexity index is 145. The van der Waals surface area contributed by atoms with Crippen molar-refractivity contribution in [3.8, 4) is 0 Å². The molecule has 2 atom stereocenters. The van der Waals surface area contributed by atoms with Crippen LogP contribution in [0.4, 0.5) is 0 Å². The first-order chi connectivity index (χ1) is 4.74. The molecule has 0 amide bonds. The average molecular weight is 175 g/mol. The van der Waals surface area contributed by atoms with Crippen LogP contribution in [0.3, 0.4) is 0 Å². The summed E-state index contributed by atoms with van der Waals surface area (Å²) in [6.07, 6.45) is 2.09. The summed E-state index contributed by atoms with van der Waals surface area (Å²) in [5.74, 6) is 0.751. The summed E-state index contributed by atoms with van der Waals surface area (Å²) in [4.78, 5) is 4.42. The Kier molecular flexibility index (Phi) is 3.11. The Labute approximate surface area is 71.1 Å². The molecular formula is C7H13NS2. The summed E-state index contributed by atoms with van der Waals surface area (Å²) in [6.45, 7) is 5.56. The van der Waals surface area contributed by atoms with Crippen LogP contribution in [-0.4, -0.2) is 22.4 Å². The van der Waals surface area contributed by atoms with Gasteiger partial charge in [-0.25, -0.2) is 0 Å². The Morgan fingerprint density at radius 3 is 2.80 bits per heavy atom. The molecule has 1 nitrogen and oxygen atoms in total. The van der Waals surface area contributed by atoms with E-state index >= 15 is 0 Å². The fraction of sp³-hybridized carbons (Fsp3) is 0.857. The van der Waals surface area contributed by atoms with Crippen molar-refractivity contribution in [1.29, 1.82) is 0 Å². The largest absolute Gasteiger partial charge is 0.271 e. The Morgan fingerprint density at radius 2 is 2.30 bits per heavy atom. The molecule has 0 N–H and O–H groups in total. The molecule has 0 aromatic heterocycles. The minimum absolute atomic E-state index is 0.750. The van der Waals surface area contributed by atoms with Gasteiger partial charge >= 0.3 is 0 Å². The van der Waals surface area contributed by atoms with Crippen molar-refractivity contribution in [2.24, 2.45) is 10.9 Å². The molecule has 3 heteroatoms. The Hall–Kier alpha value is 0.370. The Balaban J connectivity index is 2.52. The third-order valence-corrected chi connectivity index (χ3v) is 4.21. The molecule has 2 unspecified atom stereocenters. The van der Waals surface area contributed by atoms with Crippen LogP contribution in [-0.2, 0) is 0 Å². The fourth-order valence-electron chi connectivity index (χ4n) is 0.792. The molecule has 0 saturated carbocycles. The SMILES string of the molecule is CSC1=NCC(C)C(C)S1. The monoisotopic (exact) mass is 175 g/mol.